The summed E-state index contributed by atoms with van der Waals surface area (Å²) < 4.78 is 10.7. The molecule has 8 nitrogen and oxygen atoms in total. The van der Waals surface area contributed by atoms with Crippen LogP contribution in [0.4, 0.5) is 11.4 Å². The van der Waals surface area contributed by atoms with E-state index in [1.165, 1.54) is 12.1 Å². The molecule has 0 aromatic heterocycles. The standard InChI is InChI=1S/C13H15N3O5/c17-13(3-8-6-14-7-8)15-9-4-11-12(21-2-1-20-11)5-10(9)16(18)19/h4-5,8,14H,1-3,6-7H2,(H,15,17). The summed E-state index contributed by atoms with van der Waals surface area (Å²) in [6, 6.07) is 2.73. The van der Waals surface area contributed by atoms with E-state index in [1.807, 2.05) is 0 Å². The zero-order valence-electron chi connectivity index (χ0n) is 11.3. The first kappa shape index (κ1) is 13.6. The Bertz CT molecular complexity index is 585. The van der Waals surface area contributed by atoms with Crippen molar-refractivity contribution in [3.63, 3.8) is 0 Å². The maximum Gasteiger partial charge on any atom is 0.296 e. The van der Waals surface area contributed by atoms with Crippen LogP contribution in [0.2, 0.25) is 0 Å². The van der Waals surface area contributed by atoms with Crippen LogP contribution in [0.15, 0.2) is 12.1 Å². The van der Waals surface area contributed by atoms with Crippen LogP contribution in [0.5, 0.6) is 11.5 Å². The minimum atomic E-state index is -0.543. The number of carbonyl (C=O) groups excluding carboxylic acids is 1. The highest BCUT2D eigenvalue weighted by Gasteiger charge is 2.25. The number of fused-ring (bicyclic) bond motifs is 1. The van der Waals surface area contributed by atoms with Gasteiger partial charge in [-0.15, -0.1) is 0 Å². The zero-order valence-corrected chi connectivity index (χ0v) is 11.3. The first-order chi connectivity index (χ1) is 10.1. The van der Waals surface area contributed by atoms with Gasteiger partial charge in [-0.2, -0.15) is 0 Å². The fourth-order valence-electron chi connectivity index (χ4n) is 2.29. The fourth-order valence-corrected chi connectivity index (χ4v) is 2.29. The van der Waals surface area contributed by atoms with Crippen molar-refractivity contribution in [1.82, 2.24) is 5.32 Å². The van der Waals surface area contributed by atoms with E-state index in [0.717, 1.165) is 13.1 Å². The number of rotatable bonds is 4. The van der Waals surface area contributed by atoms with Crippen LogP contribution in [0.25, 0.3) is 0 Å². The van der Waals surface area contributed by atoms with E-state index in [-0.39, 0.29) is 17.3 Å². The highest BCUT2D eigenvalue weighted by molar-refractivity contribution is 5.94. The highest BCUT2D eigenvalue weighted by Crippen LogP contribution is 2.39. The van der Waals surface area contributed by atoms with Gasteiger partial charge >= 0.3 is 0 Å². The zero-order chi connectivity index (χ0) is 14.8. The Labute approximate surface area is 120 Å². The molecule has 2 aliphatic heterocycles. The van der Waals surface area contributed by atoms with Crippen molar-refractivity contribution in [2.45, 2.75) is 6.42 Å². The Morgan fingerprint density at radius 3 is 2.57 bits per heavy atom. The molecule has 0 unspecified atom stereocenters. The summed E-state index contributed by atoms with van der Waals surface area (Å²) in [5.41, 5.74) is -0.0548. The van der Waals surface area contributed by atoms with E-state index in [0.29, 0.717) is 37.1 Å². The average Bonchev–Trinajstić information content (AvgIpc) is 2.42. The number of nitrogens with zero attached hydrogens (tertiary/aromatic N) is 1. The SMILES string of the molecule is O=C(CC1CNC1)Nc1cc2c(cc1[N+](=O)[O-])OCCO2. The van der Waals surface area contributed by atoms with Crippen molar-refractivity contribution in [3.05, 3.63) is 22.2 Å². The van der Waals surface area contributed by atoms with Crippen molar-refractivity contribution in [1.29, 1.82) is 0 Å². The summed E-state index contributed by atoms with van der Waals surface area (Å²) in [6.07, 6.45) is 0.346. The number of amides is 1. The molecule has 21 heavy (non-hydrogen) atoms. The molecule has 1 aromatic rings. The highest BCUT2D eigenvalue weighted by atomic mass is 16.6. The number of benzene rings is 1. The number of hydrogen-bond donors (Lipinski definition) is 2. The second-order valence-electron chi connectivity index (χ2n) is 5.05. The molecule has 0 aliphatic carbocycles. The second kappa shape index (κ2) is 5.57. The van der Waals surface area contributed by atoms with Crippen LogP contribution in [0.3, 0.4) is 0 Å². The van der Waals surface area contributed by atoms with Crippen LogP contribution >= 0.6 is 0 Å². The number of ether oxygens (including phenoxy) is 2. The number of carbonyl (C=O) groups is 1. The first-order valence-electron chi connectivity index (χ1n) is 6.72. The van der Waals surface area contributed by atoms with E-state index >= 15 is 0 Å². The van der Waals surface area contributed by atoms with Gasteiger partial charge in [-0.1, -0.05) is 0 Å². The minimum absolute atomic E-state index is 0.140. The molecule has 1 aromatic carbocycles. The largest absolute Gasteiger partial charge is 0.486 e. The molecule has 0 radical (unpaired) electrons. The predicted octanol–water partition coefficient (Wildman–Crippen LogP) is 0.914. The lowest BCUT2D eigenvalue weighted by Gasteiger charge is -2.26. The molecule has 2 heterocycles. The third-order valence-corrected chi connectivity index (χ3v) is 3.47. The summed E-state index contributed by atoms with van der Waals surface area (Å²) >= 11 is 0. The average molecular weight is 293 g/mol. The van der Waals surface area contributed by atoms with Crippen molar-refractivity contribution in [3.8, 4) is 11.5 Å². The van der Waals surface area contributed by atoms with Crippen LogP contribution in [0, 0.1) is 16.0 Å². The van der Waals surface area contributed by atoms with Gasteiger partial charge in [-0.3, -0.25) is 14.9 Å². The van der Waals surface area contributed by atoms with E-state index in [4.69, 9.17) is 9.47 Å². The first-order valence-corrected chi connectivity index (χ1v) is 6.72. The van der Waals surface area contributed by atoms with Gasteiger partial charge in [0.2, 0.25) is 5.91 Å². The lowest BCUT2D eigenvalue weighted by Crippen LogP contribution is -2.43. The van der Waals surface area contributed by atoms with Gasteiger partial charge in [0, 0.05) is 12.5 Å². The van der Waals surface area contributed by atoms with Gasteiger partial charge in [0.15, 0.2) is 11.5 Å². The molecule has 1 saturated heterocycles. The third kappa shape index (κ3) is 2.89. The van der Waals surface area contributed by atoms with Gasteiger partial charge < -0.3 is 20.1 Å². The summed E-state index contributed by atoms with van der Waals surface area (Å²) in [5, 5.41) is 16.8. The smallest absolute Gasteiger partial charge is 0.296 e. The van der Waals surface area contributed by atoms with Gasteiger partial charge in [-0.05, 0) is 19.0 Å². The Kier molecular flexibility index (Phi) is 3.61. The van der Waals surface area contributed by atoms with E-state index in [2.05, 4.69) is 10.6 Å². The summed E-state index contributed by atoms with van der Waals surface area (Å²) in [7, 11) is 0. The number of nitro groups is 1. The summed E-state index contributed by atoms with van der Waals surface area (Å²) in [4.78, 5) is 22.5. The van der Waals surface area contributed by atoms with Crippen molar-refractivity contribution >= 4 is 17.3 Å². The van der Waals surface area contributed by atoms with Crippen LogP contribution in [-0.4, -0.2) is 37.1 Å². The molecular weight excluding hydrogens is 278 g/mol. The van der Waals surface area contributed by atoms with Crippen molar-refractivity contribution in [2.24, 2.45) is 5.92 Å². The topological polar surface area (TPSA) is 103 Å². The monoisotopic (exact) mass is 293 g/mol. The number of anilines is 1. The van der Waals surface area contributed by atoms with E-state index in [1.54, 1.807) is 0 Å². The van der Waals surface area contributed by atoms with E-state index < -0.39 is 4.92 Å². The molecule has 0 saturated carbocycles. The Morgan fingerprint density at radius 2 is 2.00 bits per heavy atom. The predicted molar refractivity (Wildman–Crippen MR) is 73.7 cm³/mol. The lowest BCUT2D eigenvalue weighted by atomic mass is 9.99. The van der Waals surface area contributed by atoms with Crippen molar-refractivity contribution in [2.75, 3.05) is 31.6 Å². The minimum Gasteiger partial charge on any atom is -0.486 e. The number of hydrogen-bond acceptors (Lipinski definition) is 6. The van der Waals surface area contributed by atoms with Crippen LogP contribution in [-0.2, 0) is 4.79 Å². The number of nitrogens with one attached hydrogen (secondary N) is 2. The molecule has 0 spiro atoms. The Hall–Kier alpha value is -2.35. The maximum atomic E-state index is 11.9. The molecule has 2 N–H and O–H groups in total. The summed E-state index contributed by atoms with van der Waals surface area (Å²) in [5.74, 6) is 0.796. The Morgan fingerprint density at radius 1 is 1.33 bits per heavy atom. The van der Waals surface area contributed by atoms with Crippen LogP contribution in [0.1, 0.15) is 6.42 Å². The fraction of sp³-hybridized carbons (Fsp3) is 0.462. The Balaban J connectivity index is 1.81. The molecule has 112 valence electrons. The maximum absolute atomic E-state index is 11.9. The van der Waals surface area contributed by atoms with Gasteiger partial charge in [0.25, 0.3) is 5.69 Å². The van der Waals surface area contributed by atoms with Gasteiger partial charge in [0.05, 0.1) is 11.0 Å². The second-order valence-corrected chi connectivity index (χ2v) is 5.05. The molecule has 3 rings (SSSR count). The molecule has 0 atom stereocenters. The molecule has 1 fully saturated rings. The molecule has 8 heteroatoms. The summed E-state index contributed by atoms with van der Waals surface area (Å²) in [6.45, 7) is 2.34. The molecule has 1 amide bonds. The lowest BCUT2D eigenvalue weighted by molar-refractivity contribution is -0.384. The quantitative estimate of drug-likeness (QED) is 0.632. The normalized spacial score (nSPS) is 17.0. The van der Waals surface area contributed by atoms with E-state index in [9.17, 15) is 14.9 Å². The molecule has 0 bridgehead atoms. The van der Waals surface area contributed by atoms with Crippen molar-refractivity contribution < 1.29 is 19.2 Å². The molecular formula is C13H15N3O5. The van der Waals surface area contributed by atoms with Gasteiger partial charge in [-0.25, -0.2) is 0 Å². The third-order valence-electron chi connectivity index (χ3n) is 3.47. The molecule has 2 aliphatic rings. The van der Waals surface area contributed by atoms with Gasteiger partial charge in [0.1, 0.15) is 18.9 Å². The van der Waals surface area contributed by atoms with Crippen LogP contribution < -0.4 is 20.1 Å². The number of nitro benzene ring substituents is 1.